The van der Waals surface area contributed by atoms with Crippen molar-refractivity contribution in [3.05, 3.63) is 76.9 Å². The summed E-state index contributed by atoms with van der Waals surface area (Å²) in [5.74, 6) is 1.66. The van der Waals surface area contributed by atoms with Crippen LogP contribution in [-0.4, -0.2) is 70.9 Å². The van der Waals surface area contributed by atoms with E-state index < -0.39 is 17.7 Å². The van der Waals surface area contributed by atoms with E-state index in [9.17, 15) is 14.3 Å². The minimum Gasteiger partial charge on any atom is -0.493 e. The Kier molecular flexibility index (Phi) is 11.2. The summed E-state index contributed by atoms with van der Waals surface area (Å²) in [4.78, 5) is 23.0. The van der Waals surface area contributed by atoms with E-state index in [0.717, 1.165) is 84.3 Å². The lowest BCUT2D eigenvalue weighted by Gasteiger charge is -2.41. The maximum atomic E-state index is 13.3. The van der Waals surface area contributed by atoms with Gasteiger partial charge in [-0.25, -0.2) is 9.18 Å². The van der Waals surface area contributed by atoms with E-state index in [1.807, 2.05) is 51.6 Å². The normalized spacial score (nSPS) is 17.8. The topological polar surface area (TPSA) is 75.1 Å². The third-order valence-electron chi connectivity index (χ3n) is 9.06. The molecule has 0 bridgehead atoms. The lowest BCUT2D eigenvalue weighted by atomic mass is 9.81. The van der Waals surface area contributed by atoms with Crippen molar-refractivity contribution in [2.75, 3.05) is 49.2 Å². The van der Waals surface area contributed by atoms with E-state index in [-0.39, 0.29) is 11.2 Å². The number of aliphatic carboxylic acids is 1. The molecule has 1 N–H and O–H groups in total. The summed E-state index contributed by atoms with van der Waals surface area (Å²) in [7, 11) is 0. The molecule has 1 aromatic heterocycles. The van der Waals surface area contributed by atoms with Gasteiger partial charge < -0.3 is 19.5 Å². The van der Waals surface area contributed by atoms with Gasteiger partial charge in [0.2, 0.25) is 0 Å². The third kappa shape index (κ3) is 9.27. The molecule has 2 fully saturated rings. The molecule has 0 radical (unpaired) electrons. The number of carbonyl (C=O) groups is 1. The molecule has 7 nitrogen and oxygen atoms in total. The fourth-order valence-electron chi connectivity index (χ4n) is 6.37. The van der Waals surface area contributed by atoms with Crippen LogP contribution in [0.1, 0.15) is 76.1 Å². The third-order valence-corrected chi connectivity index (χ3v) is 10.00. The van der Waals surface area contributed by atoms with Crippen molar-refractivity contribution in [1.82, 2.24) is 9.88 Å². The first kappa shape index (κ1) is 35.2. The molecule has 5 rings (SSSR count). The number of hydrogen-bond acceptors (Lipinski definition) is 7. The number of carboxylic acid groups (broad SMARTS) is 1. The lowest BCUT2D eigenvalue weighted by Crippen LogP contribution is -2.40. The highest BCUT2D eigenvalue weighted by atomic mass is 32.2. The number of aryl methyl sites for hydroxylation is 1. The highest BCUT2D eigenvalue weighted by molar-refractivity contribution is 7.99. The van der Waals surface area contributed by atoms with Crippen molar-refractivity contribution in [3.8, 4) is 16.9 Å². The molecule has 3 heterocycles. The molecule has 9 heteroatoms. The van der Waals surface area contributed by atoms with Crippen molar-refractivity contribution in [1.29, 1.82) is 0 Å². The summed E-state index contributed by atoms with van der Waals surface area (Å²) in [5, 5.41) is 10.6. The average molecular weight is 664 g/mol. The first-order valence-electron chi connectivity index (χ1n) is 16.8. The van der Waals surface area contributed by atoms with Crippen LogP contribution >= 0.6 is 11.8 Å². The van der Waals surface area contributed by atoms with Crippen LogP contribution in [0.3, 0.4) is 0 Å². The lowest BCUT2D eigenvalue weighted by molar-refractivity contribution is -0.160. The number of aromatic nitrogens is 1. The fraction of sp³-hybridized carbons (Fsp3) is 0.526. The Morgan fingerprint density at radius 1 is 1.02 bits per heavy atom. The second kappa shape index (κ2) is 15.0. The predicted molar refractivity (Wildman–Crippen MR) is 189 cm³/mol. The Labute approximate surface area is 283 Å². The van der Waals surface area contributed by atoms with Crippen molar-refractivity contribution in [2.24, 2.45) is 5.41 Å². The number of halogens is 1. The van der Waals surface area contributed by atoms with Gasteiger partial charge in [0.1, 0.15) is 11.6 Å². The Balaban J connectivity index is 1.58. The Bertz CT molecular complexity index is 1510. The molecule has 0 amide bonds. The van der Waals surface area contributed by atoms with Gasteiger partial charge in [0.25, 0.3) is 0 Å². The van der Waals surface area contributed by atoms with Gasteiger partial charge >= 0.3 is 5.97 Å². The number of carboxylic acids is 1. The average Bonchev–Trinajstić information content (AvgIpc) is 3.01. The molecular weight excluding hydrogens is 614 g/mol. The molecular formula is C38H50FN3O4S. The van der Waals surface area contributed by atoms with Crippen LogP contribution in [0.4, 0.5) is 10.1 Å². The summed E-state index contributed by atoms with van der Waals surface area (Å²) in [6.07, 6.45) is 1.52. The molecule has 254 valence electrons. The zero-order valence-electron chi connectivity index (χ0n) is 28.8. The maximum absolute atomic E-state index is 13.3. The molecule has 0 aliphatic carbocycles. The highest BCUT2D eigenvalue weighted by Gasteiger charge is 2.37. The Hall–Kier alpha value is -3.14. The number of pyridine rings is 1. The predicted octanol–water partition coefficient (Wildman–Crippen LogP) is 7.93. The van der Waals surface area contributed by atoms with Gasteiger partial charge in [0, 0.05) is 67.5 Å². The number of anilines is 1. The maximum Gasteiger partial charge on any atom is 0.337 e. The number of piperidine rings is 1. The summed E-state index contributed by atoms with van der Waals surface area (Å²) in [6, 6.07) is 14.6. The van der Waals surface area contributed by atoms with Crippen molar-refractivity contribution < 1.29 is 23.8 Å². The van der Waals surface area contributed by atoms with Crippen LogP contribution in [0.2, 0.25) is 0 Å². The first-order valence-corrected chi connectivity index (χ1v) is 17.9. The molecule has 2 aliphatic heterocycles. The molecule has 0 unspecified atom stereocenters. The van der Waals surface area contributed by atoms with Crippen molar-refractivity contribution >= 4 is 23.4 Å². The summed E-state index contributed by atoms with van der Waals surface area (Å²) in [6.45, 7) is 17.0. The summed E-state index contributed by atoms with van der Waals surface area (Å²) >= 11 is 1.98. The van der Waals surface area contributed by atoms with Crippen LogP contribution < -0.4 is 9.64 Å². The molecule has 3 aromatic rings. The number of hydrogen-bond donors (Lipinski definition) is 1. The van der Waals surface area contributed by atoms with Crippen LogP contribution in [0.15, 0.2) is 48.5 Å². The molecule has 1 atom stereocenters. The first-order chi connectivity index (χ1) is 22.3. The van der Waals surface area contributed by atoms with Gasteiger partial charge in [-0.15, -0.1) is 0 Å². The molecule has 2 aliphatic rings. The molecule has 2 aromatic carbocycles. The Morgan fingerprint density at radius 2 is 1.66 bits per heavy atom. The Morgan fingerprint density at radius 3 is 2.26 bits per heavy atom. The zero-order valence-corrected chi connectivity index (χ0v) is 29.6. The van der Waals surface area contributed by atoms with E-state index in [1.54, 1.807) is 12.1 Å². The van der Waals surface area contributed by atoms with E-state index in [1.165, 1.54) is 12.1 Å². The van der Waals surface area contributed by atoms with Crippen LogP contribution in [0, 0.1) is 18.2 Å². The molecule has 0 spiro atoms. The van der Waals surface area contributed by atoms with Crippen LogP contribution in [-0.2, 0) is 22.5 Å². The van der Waals surface area contributed by atoms with Crippen LogP contribution in [0.25, 0.3) is 11.1 Å². The van der Waals surface area contributed by atoms with Gasteiger partial charge in [0.05, 0.1) is 23.6 Å². The van der Waals surface area contributed by atoms with Gasteiger partial charge in [-0.3, -0.25) is 9.88 Å². The number of benzene rings is 2. The van der Waals surface area contributed by atoms with Gasteiger partial charge in [-0.1, -0.05) is 38.1 Å². The van der Waals surface area contributed by atoms with Crippen molar-refractivity contribution in [2.45, 2.75) is 79.1 Å². The van der Waals surface area contributed by atoms with E-state index >= 15 is 0 Å². The molecule has 47 heavy (non-hydrogen) atoms. The number of ether oxygens (including phenoxy) is 2. The standard InChI is InChI=1S/C38H50FN3O4S/c1-26-32(35(36(43)44)46-37(2,3)4)34(42-18-16-38(5,6)17-19-42)33(31(40-26)25-41-20-23-47-24-21-41)28-9-13-30(14-10-28)45-22-15-27-7-11-29(39)12-8-27/h7-14,35H,15-25H2,1-6H3,(H,43,44)/t35-/m0/s1. The van der Waals surface area contributed by atoms with E-state index in [4.69, 9.17) is 14.5 Å². The SMILES string of the molecule is Cc1nc(CN2CCSCC2)c(-c2ccc(OCCc3ccc(F)cc3)cc2)c(N2CCC(C)(C)CC2)c1[C@H](OC(C)(C)C)C(=O)O. The summed E-state index contributed by atoms with van der Waals surface area (Å²) < 4.78 is 25.7. The molecule has 2 saturated heterocycles. The number of nitrogens with zero attached hydrogens (tertiary/aromatic N) is 3. The second-order valence-electron chi connectivity index (χ2n) is 14.5. The largest absolute Gasteiger partial charge is 0.493 e. The quantitative estimate of drug-likeness (QED) is 0.222. The van der Waals surface area contributed by atoms with E-state index in [2.05, 4.69) is 35.8 Å². The van der Waals surface area contributed by atoms with Crippen molar-refractivity contribution in [3.63, 3.8) is 0 Å². The summed E-state index contributed by atoms with van der Waals surface area (Å²) in [5.41, 5.74) is 5.74. The highest BCUT2D eigenvalue weighted by Crippen LogP contribution is 2.45. The van der Waals surface area contributed by atoms with Crippen LogP contribution in [0.5, 0.6) is 5.75 Å². The number of thioether (sulfide) groups is 1. The number of rotatable bonds is 11. The minimum atomic E-state index is -1.17. The smallest absolute Gasteiger partial charge is 0.337 e. The minimum absolute atomic E-state index is 0.216. The monoisotopic (exact) mass is 663 g/mol. The van der Waals surface area contributed by atoms with Gasteiger partial charge in [-0.2, -0.15) is 11.8 Å². The fourth-order valence-corrected chi connectivity index (χ4v) is 7.35. The van der Waals surface area contributed by atoms with E-state index in [0.29, 0.717) is 30.8 Å². The van der Waals surface area contributed by atoms with Gasteiger partial charge in [0.15, 0.2) is 6.10 Å². The molecule has 0 saturated carbocycles. The van der Waals surface area contributed by atoms with Gasteiger partial charge in [-0.05, 0) is 81.3 Å². The zero-order chi connectivity index (χ0) is 33.8. The second-order valence-corrected chi connectivity index (χ2v) is 15.7.